The molecule has 2 aromatic rings. The maximum atomic E-state index is 6.07. The lowest BCUT2D eigenvalue weighted by atomic mass is 10.1. The minimum absolute atomic E-state index is 0. The molecule has 6 heteroatoms. The molecule has 0 aliphatic heterocycles. The second kappa shape index (κ2) is 9.78. The highest BCUT2D eigenvalue weighted by Crippen LogP contribution is 2.24. The second-order valence-electron chi connectivity index (χ2n) is 6.67. The second-order valence-corrected chi connectivity index (χ2v) is 6.67. The number of ether oxygens (including phenoxy) is 1. The highest BCUT2D eigenvalue weighted by Gasteiger charge is 2.16. The summed E-state index contributed by atoms with van der Waals surface area (Å²) in [7, 11) is 1.94. The first-order valence-corrected chi connectivity index (χ1v) is 8.97. The summed E-state index contributed by atoms with van der Waals surface area (Å²) in [5, 5.41) is 7.23. The third-order valence-corrected chi connectivity index (χ3v) is 4.62. The molecule has 1 aliphatic carbocycles. The molecule has 1 heterocycles. The molecule has 0 bridgehead atoms. The van der Waals surface area contributed by atoms with Crippen molar-refractivity contribution in [1.29, 1.82) is 0 Å². The minimum Gasteiger partial charge on any atom is -0.490 e. The molecule has 1 aliphatic rings. The molecule has 0 amide bonds. The standard InChI is InChI=1S/C19H27N3O2.ClH/c1-14(20-2)12-18-21-19(24-22-18)11-10-15-6-5-9-17(13-15)23-16-7-3-4-8-16;/h5-6,9,13-14,16,20H,3-4,7-8,10-12H2,1-2H3;1H. The van der Waals surface area contributed by atoms with Gasteiger partial charge in [0.1, 0.15) is 5.75 Å². The Hall–Kier alpha value is -1.59. The molecule has 138 valence electrons. The molecule has 25 heavy (non-hydrogen) atoms. The van der Waals surface area contributed by atoms with Gasteiger partial charge in [-0.3, -0.25) is 0 Å². The normalized spacial score (nSPS) is 15.8. The largest absolute Gasteiger partial charge is 0.490 e. The van der Waals surface area contributed by atoms with Gasteiger partial charge in [-0.05, 0) is 63.8 Å². The average molecular weight is 366 g/mol. The lowest BCUT2D eigenvalue weighted by Gasteiger charge is -2.13. The Morgan fingerprint density at radius 2 is 2.08 bits per heavy atom. The molecule has 1 unspecified atom stereocenters. The summed E-state index contributed by atoms with van der Waals surface area (Å²) in [5.41, 5.74) is 1.24. The van der Waals surface area contributed by atoms with E-state index in [2.05, 4.69) is 40.6 Å². The van der Waals surface area contributed by atoms with E-state index in [0.29, 0.717) is 18.0 Å². The molecular formula is C19H28ClN3O2. The van der Waals surface area contributed by atoms with E-state index in [4.69, 9.17) is 9.26 Å². The molecule has 5 nitrogen and oxygen atoms in total. The van der Waals surface area contributed by atoms with Crippen molar-refractivity contribution in [3.05, 3.63) is 41.5 Å². The maximum absolute atomic E-state index is 6.07. The Balaban J connectivity index is 0.00000225. The molecule has 1 saturated carbocycles. The first-order chi connectivity index (χ1) is 11.7. The van der Waals surface area contributed by atoms with Crippen LogP contribution in [0.2, 0.25) is 0 Å². The summed E-state index contributed by atoms with van der Waals surface area (Å²) in [5.74, 6) is 2.45. The number of halogens is 1. The Kier molecular flexibility index (Phi) is 7.72. The van der Waals surface area contributed by atoms with Crippen molar-refractivity contribution in [2.75, 3.05) is 7.05 Å². The SMILES string of the molecule is CNC(C)Cc1noc(CCc2cccc(OC3CCCC3)c2)n1.Cl. The molecule has 0 saturated heterocycles. The third-order valence-electron chi connectivity index (χ3n) is 4.62. The predicted octanol–water partition coefficient (Wildman–Crippen LogP) is 3.75. The number of aromatic nitrogens is 2. The molecule has 1 atom stereocenters. The molecule has 1 aromatic heterocycles. The molecule has 0 spiro atoms. The first-order valence-electron chi connectivity index (χ1n) is 8.97. The fourth-order valence-corrected chi connectivity index (χ4v) is 3.07. The summed E-state index contributed by atoms with van der Waals surface area (Å²) in [6, 6.07) is 8.72. The zero-order valence-corrected chi connectivity index (χ0v) is 15.8. The van der Waals surface area contributed by atoms with Crippen LogP contribution in [0.25, 0.3) is 0 Å². The van der Waals surface area contributed by atoms with Gasteiger partial charge in [0.15, 0.2) is 5.82 Å². The number of nitrogens with zero attached hydrogens (tertiary/aromatic N) is 2. The van der Waals surface area contributed by atoms with Gasteiger partial charge in [-0.15, -0.1) is 12.4 Å². The fourth-order valence-electron chi connectivity index (χ4n) is 3.07. The molecule has 3 rings (SSSR count). The third kappa shape index (κ3) is 6.01. The van der Waals surface area contributed by atoms with Crippen LogP contribution in [-0.4, -0.2) is 29.3 Å². The molecule has 1 aromatic carbocycles. The smallest absolute Gasteiger partial charge is 0.226 e. The number of hydrogen-bond acceptors (Lipinski definition) is 5. The van der Waals surface area contributed by atoms with Gasteiger partial charge < -0.3 is 14.6 Å². The van der Waals surface area contributed by atoms with Gasteiger partial charge in [0.05, 0.1) is 6.10 Å². The summed E-state index contributed by atoms with van der Waals surface area (Å²) in [4.78, 5) is 4.47. The van der Waals surface area contributed by atoms with E-state index in [1.807, 2.05) is 13.1 Å². The van der Waals surface area contributed by atoms with Gasteiger partial charge in [0.2, 0.25) is 5.89 Å². The molecule has 0 radical (unpaired) electrons. The topological polar surface area (TPSA) is 60.2 Å². The lowest BCUT2D eigenvalue weighted by molar-refractivity contribution is 0.210. The van der Waals surface area contributed by atoms with E-state index in [9.17, 15) is 0 Å². The van der Waals surface area contributed by atoms with Crippen molar-refractivity contribution in [2.45, 2.75) is 64.0 Å². The van der Waals surface area contributed by atoms with E-state index in [1.54, 1.807) is 0 Å². The molecule has 1 fully saturated rings. The summed E-state index contributed by atoms with van der Waals surface area (Å²) >= 11 is 0. The van der Waals surface area contributed by atoms with Crippen LogP contribution in [0.4, 0.5) is 0 Å². The average Bonchev–Trinajstić information content (AvgIpc) is 3.25. The van der Waals surface area contributed by atoms with Crippen LogP contribution in [0, 0.1) is 0 Å². The van der Waals surface area contributed by atoms with Crippen LogP contribution in [0.3, 0.4) is 0 Å². The van der Waals surface area contributed by atoms with Crippen LogP contribution in [0.15, 0.2) is 28.8 Å². The van der Waals surface area contributed by atoms with Gasteiger partial charge in [-0.25, -0.2) is 0 Å². The number of aryl methyl sites for hydroxylation is 2. The predicted molar refractivity (Wildman–Crippen MR) is 101 cm³/mol. The van der Waals surface area contributed by atoms with E-state index in [1.165, 1.54) is 31.2 Å². The summed E-state index contributed by atoms with van der Waals surface area (Å²) in [6.07, 6.45) is 7.75. The van der Waals surface area contributed by atoms with Gasteiger partial charge in [-0.2, -0.15) is 4.98 Å². The Labute approximate surface area is 155 Å². The van der Waals surface area contributed by atoms with Crippen LogP contribution < -0.4 is 10.1 Å². The van der Waals surface area contributed by atoms with Crippen molar-refractivity contribution < 1.29 is 9.26 Å². The van der Waals surface area contributed by atoms with Gasteiger partial charge >= 0.3 is 0 Å². The summed E-state index contributed by atoms with van der Waals surface area (Å²) < 4.78 is 11.4. The number of benzene rings is 1. The van der Waals surface area contributed by atoms with Crippen molar-refractivity contribution in [3.8, 4) is 5.75 Å². The Morgan fingerprint density at radius 1 is 1.28 bits per heavy atom. The Morgan fingerprint density at radius 3 is 2.84 bits per heavy atom. The van der Waals surface area contributed by atoms with Gasteiger partial charge in [-0.1, -0.05) is 17.3 Å². The van der Waals surface area contributed by atoms with Crippen molar-refractivity contribution in [3.63, 3.8) is 0 Å². The van der Waals surface area contributed by atoms with Crippen molar-refractivity contribution in [2.24, 2.45) is 0 Å². The molecule has 1 N–H and O–H groups in total. The van der Waals surface area contributed by atoms with Gasteiger partial charge in [0, 0.05) is 18.9 Å². The summed E-state index contributed by atoms with van der Waals surface area (Å²) in [6.45, 7) is 2.10. The van der Waals surface area contributed by atoms with Crippen molar-refractivity contribution >= 4 is 12.4 Å². The van der Waals surface area contributed by atoms with E-state index in [-0.39, 0.29) is 12.4 Å². The van der Waals surface area contributed by atoms with E-state index in [0.717, 1.165) is 30.8 Å². The quantitative estimate of drug-likeness (QED) is 0.772. The van der Waals surface area contributed by atoms with E-state index >= 15 is 0 Å². The number of nitrogens with one attached hydrogen (secondary N) is 1. The number of likely N-dealkylation sites (N-methyl/N-ethyl adjacent to an activating group) is 1. The Bertz CT molecular complexity index is 641. The zero-order valence-electron chi connectivity index (χ0n) is 15.0. The number of rotatable bonds is 8. The number of hydrogen-bond donors (Lipinski definition) is 1. The van der Waals surface area contributed by atoms with Crippen LogP contribution in [-0.2, 0) is 19.3 Å². The fraction of sp³-hybridized carbons (Fsp3) is 0.579. The maximum Gasteiger partial charge on any atom is 0.226 e. The molecular weight excluding hydrogens is 338 g/mol. The monoisotopic (exact) mass is 365 g/mol. The highest BCUT2D eigenvalue weighted by molar-refractivity contribution is 5.85. The highest BCUT2D eigenvalue weighted by atomic mass is 35.5. The van der Waals surface area contributed by atoms with Crippen LogP contribution in [0.1, 0.15) is 49.9 Å². The van der Waals surface area contributed by atoms with E-state index < -0.39 is 0 Å². The van der Waals surface area contributed by atoms with Crippen LogP contribution in [0.5, 0.6) is 5.75 Å². The van der Waals surface area contributed by atoms with Crippen LogP contribution >= 0.6 is 12.4 Å². The zero-order chi connectivity index (χ0) is 16.8. The first kappa shape index (κ1) is 19.7. The lowest BCUT2D eigenvalue weighted by Crippen LogP contribution is -2.24. The minimum atomic E-state index is 0. The van der Waals surface area contributed by atoms with Crippen molar-refractivity contribution in [1.82, 2.24) is 15.5 Å². The van der Waals surface area contributed by atoms with Gasteiger partial charge in [0.25, 0.3) is 0 Å².